The molecule has 0 aliphatic carbocycles. The molecular formula is C5H7NS2. The molecule has 0 atom stereocenters. The summed E-state index contributed by atoms with van der Waals surface area (Å²) >= 11 is 5.80. The third-order valence-electron chi connectivity index (χ3n) is 0.879. The maximum atomic E-state index is 4.17. The summed E-state index contributed by atoms with van der Waals surface area (Å²) in [5, 5.41) is 1.09. The largest absolute Gasteiger partial charge is 0.246 e. The van der Waals surface area contributed by atoms with Crippen LogP contribution >= 0.6 is 24.0 Å². The number of aryl methyl sites for hydroxylation is 2. The number of aromatic nitrogens is 1. The van der Waals surface area contributed by atoms with Gasteiger partial charge in [-0.05, 0) is 13.8 Å². The second-order valence-electron chi connectivity index (χ2n) is 1.62. The van der Waals surface area contributed by atoms with Crippen LogP contribution < -0.4 is 0 Å². The summed E-state index contributed by atoms with van der Waals surface area (Å²) < 4.78 is 1.03. The normalized spacial score (nSPS) is 9.88. The van der Waals surface area contributed by atoms with Crippen LogP contribution in [0.15, 0.2) is 4.21 Å². The summed E-state index contributed by atoms with van der Waals surface area (Å²) in [6.07, 6.45) is 0. The van der Waals surface area contributed by atoms with Crippen LogP contribution in [0.4, 0.5) is 0 Å². The zero-order chi connectivity index (χ0) is 6.15. The molecule has 1 heterocycles. The van der Waals surface area contributed by atoms with Gasteiger partial charge in [0.1, 0.15) is 0 Å². The molecule has 1 rings (SSSR count). The van der Waals surface area contributed by atoms with Gasteiger partial charge in [-0.3, -0.25) is 0 Å². The summed E-state index contributed by atoms with van der Waals surface area (Å²) in [4.78, 5) is 4.15. The number of nitrogens with zero attached hydrogens (tertiary/aromatic N) is 1. The van der Waals surface area contributed by atoms with E-state index in [2.05, 4.69) is 17.6 Å². The van der Waals surface area contributed by atoms with E-state index >= 15 is 0 Å². The second kappa shape index (κ2) is 2.07. The first-order chi connectivity index (χ1) is 3.70. The first-order valence-electron chi connectivity index (χ1n) is 2.33. The minimum atomic E-state index is 1.03. The zero-order valence-electron chi connectivity index (χ0n) is 4.80. The van der Waals surface area contributed by atoms with Gasteiger partial charge >= 0.3 is 0 Å². The molecule has 8 heavy (non-hydrogen) atoms. The first-order valence-corrected chi connectivity index (χ1v) is 3.59. The second-order valence-corrected chi connectivity index (χ2v) is 3.58. The predicted molar refractivity (Wildman–Crippen MR) is 38.8 cm³/mol. The van der Waals surface area contributed by atoms with E-state index in [0.29, 0.717) is 0 Å². The highest BCUT2D eigenvalue weighted by atomic mass is 32.2. The highest BCUT2D eigenvalue weighted by Crippen LogP contribution is 2.19. The average Bonchev–Trinajstić information content (AvgIpc) is 1.85. The molecule has 0 aromatic carbocycles. The van der Waals surface area contributed by atoms with Crippen LogP contribution in [0.25, 0.3) is 0 Å². The molecule has 3 heteroatoms. The molecular weight excluding hydrogens is 138 g/mol. The lowest BCUT2D eigenvalue weighted by Crippen LogP contribution is -1.69. The van der Waals surface area contributed by atoms with Gasteiger partial charge in [0.15, 0.2) is 0 Å². The van der Waals surface area contributed by atoms with Crippen LogP contribution in [0.3, 0.4) is 0 Å². The minimum absolute atomic E-state index is 1.03. The van der Waals surface area contributed by atoms with Gasteiger partial charge in [-0.25, -0.2) is 4.98 Å². The molecule has 0 aliphatic heterocycles. The van der Waals surface area contributed by atoms with E-state index in [1.807, 2.05) is 13.8 Å². The molecule has 0 bridgehead atoms. The van der Waals surface area contributed by atoms with Gasteiger partial charge in [-0.1, -0.05) is 0 Å². The fourth-order valence-electron chi connectivity index (χ4n) is 0.521. The van der Waals surface area contributed by atoms with Crippen molar-refractivity contribution in [2.75, 3.05) is 0 Å². The maximum Gasteiger partial charge on any atom is 0.0909 e. The van der Waals surface area contributed by atoms with Crippen molar-refractivity contribution in [3.8, 4) is 0 Å². The molecule has 0 amide bonds. The van der Waals surface area contributed by atoms with E-state index in [1.165, 1.54) is 0 Å². The Balaban J connectivity index is 3.14. The Labute approximate surface area is 58.2 Å². The van der Waals surface area contributed by atoms with Gasteiger partial charge in [0.25, 0.3) is 0 Å². The molecule has 0 N–H and O–H groups in total. The van der Waals surface area contributed by atoms with Gasteiger partial charge in [0, 0.05) is 0 Å². The van der Waals surface area contributed by atoms with E-state index in [-0.39, 0.29) is 0 Å². The standard InChI is InChI=1S/C5H7NS2/c1-3-5(7)8-4(2)6-3/h7H,1-2H3. The molecule has 0 spiro atoms. The molecule has 1 aromatic heterocycles. The number of hydrogen-bond donors (Lipinski definition) is 1. The van der Waals surface area contributed by atoms with Gasteiger partial charge in [-0.2, -0.15) is 0 Å². The number of rotatable bonds is 0. The molecule has 0 saturated carbocycles. The summed E-state index contributed by atoms with van der Waals surface area (Å²) in [7, 11) is 0. The van der Waals surface area contributed by atoms with Gasteiger partial charge in [0.2, 0.25) is 0 Å². The average molecular weight is 145 g/mol. The Morgan fingerprint density at radius 1 is 1.50 bits per heavy atom. The van der Waals surface area contributed by atoms with Crippen LogP contribution in [-0.4, -0.2) is 4.98 Å². The third kappa shape index (κ3) is 1.03. The van der Waals surface area contributed by atoms with Crippen molar-refractivity contribution in [1.82, 2.24) is 4.98 Å². The molecule has 0 unspecified atom stereocenters. The Kier molecular flexibility index (Phi) is 1.58. The van der Waals surface area contributed by atoms with Crippen molar-refractivity contribution in [3.63, 3.8) is 0 Å². The Hall–Kier alpha value is -0.0200. The zero-order valence-corrected chi connectivity index (χ0v) is 6.51. The first kappa shape index (κ1) is 6.11. The summed E-state index contributed by atoms with van der Waals surface area (Å²) in [5.41, 5.74) is 1.04. The number of thiazole rings is 1. The Morgan fingerprint density at radius 2 is 2.12 bits per heavy atom. The van der Waals surface area contributed by atoms with E-state index in [0.717, 1.165) is 14.9 Å². The lowest BCUT2D eigenvalue weighted by molar-refractivity contribution is 1.16. The molecule has 0 saturated heterocycles. The van der Waals surface area contributed by atoms with Crippen molar-refractivity contribution in [2.45, 2.75) is 18.1 Å². The van der Waals surface area contributed by atoms with Gasteiger partial charge in [-0.15, -0.1) is 24.0 Å². The topological polar surface area (TPSA) is 12.9 Å². The monoisotopic (exact) mass is 145 g/mol. The SMILES string of the molecule is Cc1nc(C)c(S)s1. The Morgan fingerprint density at radius 3 is 2.25 bits per heavy atom. The molecule has 1 nitrogen and oxygen atoms in total. The smallest absolute Gasteiger partial charge is 0.0909 e. The van der Waals surface area contributed by atoms with E-state index < -0.39 is 0 Å². The van der Waals surface area contributed by atoms with Crippen LogP contribution in [0.5, 0.6) is 0 Å². The van der Waals surface area contributed by atoms with Crippen molar-refractivity contribution in [3.05, 3.63) is 10.7 Å². The molecule has 0 fully saturated rings. The van der Waals surface area contributed by atoms with E-state index in [1.54, 1.807) is 11.3 Å². The van der Waals surface area contributed by atoms with Crippen LogP contribution in [0, 0.1) is 13.8 Å². The van der Waals surface area contributed by atoms with Crippen molar-refractivity contribution in [2.24, 2.45) is 0 Å². The molecule has 0 aliphatic rings. The van der Waals surface area contributed by atoms with Crippen LogP contribution in [0.2, 0.25) is 0 Å². The van der Waals surface area contributed by atoms with Crippen molar-refractivity contribution < 1.29 is 0 Å². The Bertz CT molecular complexity index is 173. The lowest BCUT2D eigenvalue weighted by atomic mass is 10.6. The predicted octanol–water partition coefficient (Wildman–Crippen LogP) is 2.05. The third-order valence-corrected chi connectivity index (χ3v) is 2.35. The minimum Gasteiger partial charge on any atom is -0.246 e. The van der Waals surface area contributed by atoms with E-state index in [4.69, 9.17) is 0 Å². The molecule has 0 radical (unpaired) electrons. The van der Waals surface area contributed by atoms with Crippen molar-refractivity contribution >= 4 is 24.0 Å². The quantitative estimate of drug-likeness (QED) is 0.551. The summed E-state index contributed by atoms with van der Waals surface area (Å²) in [6, 6.07) is 0. The summed E-state index contributed by atoms with van der Waals surface area (Å²) in [6.45, 7) is 3.95. The summed E-state index contributed by atoms with van der Waals surface area (Å²) in [5.74, 6) is 0. The number of thiol groups is 1. The highest BCUT2D eigenvalue weighted by Gasteiger charge is 1.96. The van der Waals surface area contributed by atoms with Gasteiger partial charge < -0.3 is 0 Å². The van der Waals surface area contributed by atoms with Crippen LogP contribution in [0.1, 0.15) is 10.7 Å². The molecule has 1 aromatic rings. The fraction of sp³-hybridized carbons (Fsp3) is 0.400. The lowest BCUT2D eigenvalue weighted by Gasteiger charge is -1.76. The highest BCUT2D eigenvalue weighted by molar-refractivity contribution is 7.82. The fourth-order valence-corrected chi connectivity index (χ4v) is 1.62. The van der Waals surface area contributed by atoms with Crippen molar-refractivity contribution in [1.29, 1.82) is 0 Å². The number of hydrogen-bond acceptors (Lipinski definition) is 3. The maximum absolute atomic E-state index is 4.17. The van der Waals surface area contributed by atoms with E-state index in [9.17, 15) is 0 Å². The molecule has 44 valence electrons. The van der Waals surface area contributed by atoms with Crippen LogP contribution in [-0.2, 0) is 0 Å². The van der Waals surface area contributed by atoms with Gasteiger partial charge in [0.05, 0.1) is 14.9 Å².